The van der Waals surface area contributed by atoms with E-state index >= 15 is 0 Å². The largest absolute Gasteiger partial charge is 0.456 e. The first-order valence-corrected chi connectivity index (χ1v) is 19.8. The van der Waals surface area contributed by atoms with Gasteiger partial charge >= 0.3 is 0 Å². The van der Waals surface area contributed by atoms with Crippen molar-refractivity contribution >= 4 is 87.5 Å². The molecule has 270 valence electrons. The minimum atomic E-state index is 0.876. The van der Waals surface area contributed by atoms with E-state index in [0.29, 0.717) is 0 Å². The van der Waals surface area contributed by atoms with Crippen LogP contribution >= 0.6 is 0 Å². The first-order chi connectivity index (χ1) is 28.8. The van der Waals surface area contributed by atoms with Crippen LogP contribution in [-0.2, 0) is 0 Å². The molecule has 13 rings (SSSR count). The minimum absolute atomic E-state index is 0.876. The highest BCUT2D eigenvalue weighted by atomic mass is 16.3. The topological polar surface area (TPSA) is 36.1 Å². The third-order valence-electron chi connectivity index (χ3n) is 12.1. The van der Waals surface area contributed by atoms with Crippen molar-refractivity contribution in [1.82, 2.24) is 9.13 Å². The molecule has 4 heterocycles. The lowest BCUT2D eigenvalue weighted by molar-refractivity contribution is 0.666. The van der Waals surface area contributed by atoms with Crippen molar-refractivity contribution in [1.29, 1.82) is 0 Å². The summed E-state index contributed by atoms with van der Waals surface area (Å²) in [6, 6.07) is 69.5. The molecule has 0 radical (unpaired) electrons. The van der Waals surface area contributed by atoms with E-state index < -0.39 is 0 Å². The molecular weight excluding hydrogens is 709 g/mol. The third-order valence-corrected chi connectivity index (χ3v) is 12.1. The second-order valence-corrected chi connectivity index (χ2v) is 15.2. The van der Waals surface area contributed by atoms with E-state index in [1.54, 1.807) is 0 Å². The monoisotopic (exact) mass is 740 g/mol. The number of benzene rings is 9. The van der Waals surface area contributed by atoms with Crippen molar-refractivity contribution < 1.29 is 8.83 Å². The zero-order valence-corrected chi connectivity index (χ0v) is 31.2. The number of para-hydroxylation sites is 4. The van der Waals surface area contributed by atoms with Gasteiger partial charge in [0.1, 0.15) is 16.7 Å². The zero-order valence-electron chi connectivity index (χ0n) is 31.2. The standard InChI is InChI=1S/C54H32N2O2/c1-2-13-33(14-3-1)34-15-10-16-36(31-34)55-43-22-7-4-18-40(43)52-45(55)29-30-46-53(52)42-32-35(37-20-12-26-50-51(37)41-19-6-9-25-49(41)57-50)27-28-44(42)56(46)47-23-11-21-39-38-17-5-8-24-48(38)58-54(39)47/h1-32H. The fourth-order valence-corrected chi connectivity index (χ4v) is 9.65. The molecule has 4 nitrogen and oxygen atoms in total. The fourth-order valence-electron chi connectivity index (χ4n) is 9.65. The average Bonchev–Trinajstić information content (AvgIpc) is 4.04. The number of nitrogens with zero attached hydrogens (tertiary/aromatic N) is 2. The van der Waals surface area contributed by atoms with E-state index in [4.69, 9.17) is 8.83 Å². The van der Waals surface area contributed by atoms with Crippen molar-refractivity contribution in [2.75, 3.05) is 0 Å². The lowest BCUT2D eigenvalue weighted by Gasteiger charge is -2.11. The molecule has 0 N–H and O–H groups in total. The molecule has 0 amide bonds. The van der Waals surface area contributed by atoms with Crippen LogP contribution in [0.5, 0.6) is 0 Å². The highest BCUT2D eigenvalue weighted by molar-refractivity contribution is 6.30. The Balaban J connectivity index is 1.17. The summed E-state index contributed by atoms with van der Waals surface area (Å²) < 4.78 is 17.9. The van der Waals surface area contributed by atoms with Crippen LogP contribution in [0.15, 0.2) is 203 Å². The Kier molecular flexibility index (Phi) is 6.41. The number of hydrogen-bond donors (Lipinski definition) is 0. The third kappa shape index (κ3) is 4.34. The molecule has 0 fully saturated rings. The van der Waals surface area contributed by atoms with E-state index in [2.05, 4.69) is 191 Å². The first-order valence-electron chi connectivity index (χ1n) is 19.8. The van der Waals surface area contributed by atoms with Gasteiger partial charge in [0, 0.05) is 48.8 Å². The molecular formula is C54H32N2O2. The normalized spacial score (nSPS) is 12.1. The molecule has 0 spiro atoms. The highest BCUT2D eigenvalue weighted by Crippen LogP contribution is 2.46. The van der Waals surface area contributed by atoms with Crippen LogP contribution in [0.3, 0.4) is 0 Å². The maximum atomic E-state index is 6.71. The highest BCUT2D eigenvalue weighted by Gasteiger charge is 2.24. The predicted octanol–water partition coefficient (Wildman–Crippen LogP) is 15.0. The molecule has 0 unspecified atom stereocenters. The maximum absolute atomic E-state index is 6.71. The lowest BCUT2D eigenvalue weighted by Crippen LogP contribution is -1.95. The summed E-state index contributed by atoms with van der Waals surface area (Å²) in [6.45, 7) is 0. The Morgan fingerprint density at radius 2 is 0.931 bits per heavy atom. The Bertz CT molecular complexity index is 3800. The van der Waals surface area contributed by atoms with Gasteiger partial charge in [-0.15, -0.1) is 0 Å². The predicted molar refractivity (Wildman–Crippen MR) is 241 cm³/mol. The second kappa shape index (κ2) is 11.8. The smallest absolute Gasteiger partial charge is 0.159 e. The van der Waals surface area contributed by atoms with Crippen LogP contribution in [-0.4, -0.2) is 9.13 Å². The maximum Gasteiger partial charge on any atom is 0.159 e. The quantitative estimate of drug-likeness (QED) is 0.180. The van der Waals surface area contributed by atoms with Crippen molar-refractivity contribution in [3.63, 3.8) is 0 Å². The summed E-state index contributed by atoms with van der Waals surface area (Å²) in [7, 11) is 0. The van der Waals surface area contributed by atoms with Gasteiger partial charge in [0.25, 0.3) is 0 Å². The van der Waals surface area contributed by atoms with Crippen molar-refractivity contribution in [2.24, 2.45) is 0 Å². The van der Waals surface area contributed by atoms with Crippen molar-refractivity contribution in [2.45, 2.75) is 0 Å². The van der Waals surface area contributed by atoms with Crippen LogP contribution in [0.4, 0.5) is 0 Å². The van der Waals surface area contributed by atoms with Crippen LogP contribution in [0.1, 0.15) is 0 Å². The first kappa shape index (κ1) is 31.4. The summed E-state index contributed by atoms with van der Waals surface area (Å²) in [4.78, 5) is 0. The van der Waals surface area contributed by atoms with Gasteiger partial charge < -0.3 is 18.0 Å². The number of aromatic nitrogens is 2. The Morgan fingerprint density at radius 1 is 0.310 bits per heavy atom. The van der Waals surface area contributed by atoms with Crippen LogP contribution in [0.25, 0.3) is 121 Å². The molecule has 4 aromatic heterocycles. The number of hydrogen-bond acceptors (Lipinski definition) is 2. The summed E-state index contributed by atoms with van der Waals surface area (Å²) >= 11 is 0. The van der Waals surface area contributed by atoms with Gasteiger partial charge in [-0.3, -0.25) is 0 Å². The Hall–Kier alpha value is -7.82. The average molecular weight is 741 g/mol. The molecule has 0 saturated heterocycles. The van der Waals surface area contributed by atoms with Crippen molar-refractivity contribution in [3.05, 3.63) is 194 Å². The molecule has 0 saturated carbocycles. The molecule has 0 aliphatic carbocycles. The SMILES string of the molecule is c1ccc(-c2cccc(-n3c4ccccc4c4c5c6cc(-c7cccc8oc9ccccc9c78)ccc6n(-c6cccc7c6oc6ccccc67)c5ccc43)c2)cc1. The number of furan rings is 2. The molecule has 0 bridgehead atoms. The molecule has 58 heavy (non-hydrogen) atoms. The van der Waals surface area contributed by atoms with Gasteiger partial charge in [-0.25, -0.2) is 0 Å². The molecule has 4 heteroatoms. The van der Waals surface area contributed by atoms with Gasteiger partial charge in [0.05, 0.1) is 27.8 Å². The number of rotatable bonds is 4. The fraction of sp³-hybridized carbons (Fsp3) is 0. The van der Waals surface area contributed by atoms with Gasteiger partial charge in [-0.1, -0.05) is 127 Å². The molecule has 13 aromatic rings. The second-order valence-electron chi connectivity index (χ2n) is 15.2. The van der Waals surface area contributed by atoms with E-state index in [-0.39, 0.29) is 0 Å². The van der Waals surface area contributed by atoms with E-state index in [1.807, 2.05) is 12.1 Å². The summed E-state index contributed by atoms with van der Waals surface area (Å²) in [5.74, 6) is 0. The molecule has 0 aliphatic heterocycles. The van der Waals surface area contributed by atoms with Gasteiger partial charge in [0.2, 0.25) is 0 Å². The van der Waals surface area contributed by atoms with Crippen molar-refractivity contribution in [3.8, 4) is 33.6 Å². The molecule has 0 atom stereocenters. The Morgan fingerprint density at radius 3 is 1.81 bits per heavy atom. The Labute approximate surface area is 332 Å². The summed E-state index contributed by atoms with van der Waals surface area (Å²) in [5, 5.41) is 9.30. The molecule has 9 aromatic carbocycles. The van der Waals surface area contributed by atoms with Crippen LogP contribution in [0, 0.1) is 0 Å². The van der Waals surface area contributed by atoms with Crippen LogP contribution < -0.4 is 0 Å². The molecule has 0 aliphatic rings. The zero-order chi connectivity index (χ0) is 37.9. The van der Waals surface area contributed by atoms with Gasteiger partial charge in [-0.2, -0.15) is 0 Å². The summed E-state index contributed by atoms with van der Waals surface area (Å²) in [5.41, 5.74) is 14.9. The number of fused-ring (bicyclic) bond motifs is 13. The van der Waals surface area contributed by atoms with E-state index in [0.717, 1.165) is 82.9 Å². The van der Waals surface area contributed by atoms with Gasteiger partial charge in [-0.05, 0) is 89.0 Å². The minimum Gasteiger partial charge on any atom is -0.456 e. The van der Waals surface area contributed by atoms with Crippen LogP contribution in [0.2, 0.25) is 0 Å². The lowest BCUT2D eigenvalue weighted by atomic mass is 9.97. The van der Waals surface area contributed by atoms with E-state index in [1.165, 1.54) is 38.2 Å². The summed E-state index contributed by atoms with van der Waals surface area (Å²) in [6.07, 6.45) is 0. The van der Waals surface area contributed by atoms with Gasteiger partial charge in [0.15, 0.2) is 5.58 Å². The van der Waals surface area contributed by atoms with E-state index in [9.17, 15) is 0 Å².